The Morgan fingerprint density at radius 1 is 1.33 bits per heavy atom. The first kappa shape index (κ1) is 10.9. The average Bonchev–Trinajstić information content (AvgIpc) is 2.93. The number of hydrogen-bond acceptors (Lipinski definition) is 2. The Hall–Kier alpha value is -0.570. The summed E-state index contributed by atoms with van der Waals surface area (Å²) in [6.07, 6.45) is 6.53. The first-order chi connectivity index (χ1) is 7.18. The van der Waals surface area contributed by atoms with Crippen molar-refractivity contribution in [3.8, 4) is 0 Å². The van der Waals surface area contributed by atoms with Crippen LogP contribution in [0.4, 0.5) is 0 Å². The van der Waals surface area contributed by atoms with Crippen molar-refractivity contribution in [2.75, 3.05) is 13.6 Å². The van der Waals surface area contributed by atoms with Gasteiger partial charge in [0.05, 0.1) is 0 Å². The molecule has 0 aromatic carbocycles. The Balaban J connectivity index is 2.04. The summed E-state index contributed by atoms with van der Waals surface area (Å²) >= 11 is 0. The van der Waals surface area contributed by atoms with Crippen LogP contribution in [0.5, 0.6) is 0 Å². The van der Waals surface area contributed by atoms with Gasteiger partial charge in [-0.05, 0) is 51.1 Å². The third-order valence-electron chi connectivity index (χ3n) is 3.87. The van der Waals surface area contributed by atoms with Gasteiger partial charge in [0.15, 0.2) is 0 Å². The Bertz CT molecular complexity index is 238. The van der Waals surface area contributed by atoms with Gasteiger partial charge >= 0.3 is 5.97 Å². The maximum atomic E-state index is 10.9. The van der Waals surface area contributed by atoms with E-state index in [2.05, 4.69) is 11.9 Å². The van der Waals surface area contributed by atoms with E-state index in [-0.39, 0.29) is 0 Å². The second-order valence-electron chi connectivity index (χ2n) is 5.16. The van der Waals surface area contributed by atoms with Gasteiger partial charge in [0, 0.05) is 12.5 Å². The van der Waals surface area contributed by atoms with Crippen molar-refractivity contribution in [2.24, 2.45) is 11.8 Å². The van der Waals surface area contributed by atoms with Crippen molar-refractivity contribution in [1.82, 2.24) is 4.90 Å². The number of aliphatic carboxylic acids is 1. The van der Waals surface area contributed by atoms with Crippen molar-refractivity contribution >= 4 is 5.97 Å². The van der Waals surface area contributed by atoms with E-state index < -0.39 is 5.97 Å². The topological polar surface area (TPSA) is 40.5 Å². The van der Waals surface area contributed by atoms with Crippen molar-refractivity contribution < 1.29 is 9.90 Å². The molecule has 2 fully saturated rings. The van der Waals surface area contributed by atoms with E-state index in [0.717, 1.165) is 18.9 Å². The summed E-state index contributed by atoms with van der Waals surface area (Å²) in [6, 6.07) is 0.545. The van der Waals surface area contributed by atoms with Crippen molar-refractivity contribution in [1.29, 1.82) is 0 Å². The standard InChI is InChI=1S/C12H21NO2/c1-13-7-3-2-4-10(8-11(14)15)12(13)9-5-6-9/h9-10,12H,2-8H2,1H3,(H,14,15)/t10-,12-/m0/s1. The molecule has 2 aliphatic rings. The van der Waals surface area contributed by atoms with Crippen LogP contribution >= 0.6 is 0 Å². The van der Waals surface area contributed by atoms with Gasteiger partial charge in [0.2, 0.25) is 0 Å². The van der Waals surface area contributed by atoms with Crippen LogP contribution in [0.2, 0.25) is 0 Å². The second kappa shape index (κ2) is 4.52. The maximum absolute atomic E-state index is 10.9. The molecule has 2 atom stereocenters. The number of carboxylic acid groups (broad SMARTS) is 1. The van der Waals surface area contributed by atoms with E-state index in [1.54, 1.807) is 0 Å². The van der Waals surface area contributed by atoms with Gasteiger partial charge in [-0.2, -0.15) is 0 Å². The molecule has 1 aliphatic carbocycles. The number of likely N-dealkylation sites (tertiary alicyclic amines) is 1. The molecule has 0 aromatic heterocycles. The minimum atomic E-state index is -0.624. The van der Waals surface area contributed by atoms with E-state index >= 15 is 0 Å². The number of carbonyl (C=O) groups is 1. The van der Waals surface area contributed by atoms with Crippen LogP contribution in [0.15, 0.2) is 0 Å². The highest BCUT2D eigenvalue weighted by molar-refractivity contribution is 5.67. The first-order valence-electron chi connectivity index (χ1n) is 6.10. The molecule has 1 saturated heterocycles. The predicted molar refractivity (Wildman–Crippen MR) is 58.7 cm³/mol. The first-order valence-corrected chi connectivity index (χ1v) is 6.10. The highest BCUT2D eigenvalue weighted by atomic mass is 16.4. The SMILES string of the molecule is CN1CCCC[C@@H](CC(=O)O)[C@@H]1C1CC1. The molecule has 0 radical (unpaired) electrons. The van der Waals surface area contributed by atoms with E-state index in [1.807, 2.05) is 0 Å². The van der Waals surface area contributed by atoms with Gasteiger partial charge in [-0.15, -0.1) is 0 Å². The minimum Gasteiger partial charge on any atom is -0.481 e. The van der Waals surface area contributed by atoms with Gasteiger partial charge in [-0.25, -0.2) is 0 Å². The maximum Gasteiger partial charge on any atom is 0.303 e. The quantitative estimate of drug-likeness (QED) is 0.776. The summed E-state index contributed by atoms with van der Waals surface area (Å²) in [4.78, 5) is 13.3. The van der Waals surface area contributed by atoms with Crippen molar-refractivity contribution in [3.05, 3.63) is 0 Å². The molecule has 15 heavy (non-hydrogen) atoms. The molecule has 0 amide bonds. The number of nitrogens with zero attached hydrogens (tertiary/aromatic N) is 1. The van der Waals surface area contributed by atoms with Gasteiger partial charge in [0.25, 0.3) is 0 Å². The van der Waals surface area contributed by atoms with Crippen molar-refractivity contribution in [3.63, 3.8) is 0 Å². The molecule has 0 bridgehead atoms. The summed E-state index contributed by atoms with van der Waals surface area (Å²) in [6.45, 7) is 1.15. The molecule has 0 spiro atoms. The molecule has 2 rings (SSSR count). The zero-order valence-electron chi connectivity index (χ0n) is 9.48. The zero-order valence-corrected chi connectivity index (χ0v) is 9.48. The minimum absolute atomic E-state index is 0.367. The van der Waals surface area contributed by atoms with E-state index in [9.17, 15) is 4.79 Å². The average molecular weight is 211 g/mol. The van der Waals surface area contributed by atoms with E-state index in [4.69, 9.17) is 5.11 Å². The lowest BCUT2D eigenvalue weighted by molar-refractivity contribution is -0.138. The van der Waals surface area contributed by atoms with Gasteiger partial charge in [-0.1, -0.05) is 6.42 Å². The van der Waals surface area contributed by atoms with Crippen LogP contribution in [0.25, 0.3) is 0 Å². The summed E-state index contributed by atoms with van der Waals surface area (Å²) in [5.74, 6) is 0.556. The lowest BCUT2D eigenvalue weighted by atomic mass is 9.88. The summed E-state index contributed by atoms with van der Waals surface area (Å²) in [5.41, 5.74) is 0. The Morgan fingerprint density at radius 2 is 2.07 bits per heavy atom. The van der Waals surface area contributed by atoms with E-state index in [1.165, 1.54) is 25.7 Å². The second-order valence-corrected chi connectivity index (χ2v) is 5.16. The summed E-state index contributed by atoms with van der Waals surface area (Å²) in [5, 5.41) is 8.95. The zero-order chi connectivity index (χ0) is 10.8. The predicted octanol–water partition coefficient (Wildman–Crippen LogP) is 1.97. The van der Waals surface area contributed by atoms with Crippen molar-refractivity contribution in [2.45, 2.75) is 44.6 Å². The summed E-state index contributed by atoms with van der Waals surface area (Å²) < 4.78 is 0. The Labute approximate surface area is 91.5 Å². The van der Waals surface area contributed by atoms with E-state index in [0.29, 0.717) is 18.4 Å². The number of rotatable bonds is 3. The molecule has 1 N–H and O–H groups in total. The molecule has 1 aliphatic heterocycles. The smallest absolute Gasteiger partial charge is 0.303 e. The Morgan fingerprint density at radius 3 is 2.67 bits per heavy atom. The fourth-order valence-corrected chi connectivity index (χ4v) is 3.08. The lowest BCUT2D eigenvalue weighted by Crippen LogP contribution is -2.39. The molecule has 1 heterocycles. The monoisotopic (exact) mass is 211 g/mol. The largest absolute Gasteiger partial charge is 0.481 e. The Kier molecular flexibility index (Phi) is 3.29. The molecule has 0 aromatic rings. The van der Waals surface area contributed by atoms with Gasteiger partial charge in [0.1, 0.15) is 0 Å². The van der Waals surface area contributed by atoms with Crippen LogP contribution in [-0.4, -0.2) is 35.6 Å². The molecule has 1 saturated carbocycles. The molecule has 86 valence electrons. The molecule has 0 unspecified atom stereocenters. The fraction of sp³-hybridized carbons (Fsp3) is 0.917. The molecule has 3 heteroatoms. The van der Waals surface area contributed by atoms with Crippen LogP contribution < -0.4 is 0 Å². The highest BCUT2D eigenvalue weighted by Crippen LogP contribution is 2.41. The van der Waals surface area contributed by atoms with Crippen LogP contribution in [0.1, 0.15) is 38.5 Å². The number of hydrogen-bond donors (Lipinski definition) is 1. The normalized spacial score (nSPS) is 33.7. The highest BCUT2D eigenvalue weighted by Gasteiger charge is 2.40. The van der Waals surface area contributed by atoms with Crippen LogP contribution in [0, 0.1) is 11.8 Å². The lowest BCUT2D eigenvalue weighted by Gasteiger charge is -2.31. The summed E-state index contributed by atoms with van der Waals surface area (Å²) in [7, 11) is 2.17. The van der Waals surface area contributed by atoms with Gasteiger partial charge in [-0.3, -0.25) is 4.79 Å². The van der Waals surface area contributed by atoms with Gasteiger partial charge < -0.3 is 10.0 Å². The molecule has 3 nitrogen and oxygen atoms in total. The molecular weight excluding hydrogens is 190 g/mol. The molecular formula is C12H21NO2. The third-order valence-corrected chi connectivity index (χ3v) is 3.87. The number of carboxylic acids is 1. The van der Waals surface area contributed by atoms with Crippen LogP contribution in [-0.2, 0) is 4.79 Å². The third kappa shape index (κ3) is 2.71. The van der Waals surface area contributed by atoms with Crippen LogP contribution in [0.3, 0.4) is 0 Å². The fourth-order valence-electron chi connectivity index (χ4n) is 3.08.